The fourth-order valence-electron chi connectivity index (χ4n) is 6.03. The molecule has 318 valence electrons. The summed E-state index contributed by atoms with van der Waals surface area (Å²) in [5.74, 6) is -9.88. The molecule has 1 fully saturated rings. The van der Waals surface area contributed by atoms with Crippen molar-refractivity contribution in [3.05, 3.63) is 0 Å². The van der Waals surface area contributed by atoms with Gasteiger partial charge in [0.15, 0.2) is 0 Å². The maximum absolute atomic E-state index is 13.8. The van der Waals surface area contributed by atoms with Crippen LogP contribution in [0, 0.1) is 17.8 Å². The lowest BCUT2D eigenvalue weighted by atomic mass is 9.96. The van der Waals surface area contributed by atoms with Crippen molar-refractivity contribution in [3.8, 4) is 0 Å². The average Bonchev–Trinajstić information content (AvgIpc) is 3.60. The number of likely N-dealkylation sites (tertiary alicyclic amines) is 1. The Morgan fingerprint density at radius 1 is 0.696 bits per heavy atom. The van der Waals surface area contributed by atoms with Crippen molar-refractivity contribution in [2.45, 2.75) is 148 Å². The van der Waals surface area contributed by atoms with Gasteiger partial charge in [-0.05, 0) is 56.8 Å². The van der Waals surface area contributed by atoms with E-state index in [9.17, 15) is 58.5 Å². The number of aliphatic hydroxyl groups excluding tert-OH is 1. The first-order chi connectivity index (χ1) is 26.0. The van der Waals surface area contributed by atoms with E-state index < -0.39 is 126 Å². The SMILES string of the molecule is CC[C@H](C)[C@H](NC(=O)[C@@H](N)CCC(=O)O)C(=O)N1CCC[C@H]1C(=O)N[C@H](C(=O)N[C@@H](CCC(=O)O)C(=O)N[C@H](C(=O)N[C@@H](CC(C)C)C(=O)O)C(C)C)[C@@H](C)O. The molecule has 1 heterocycles. The number of carboxylic acid groups (broad SMARTS) is 3. The maximum atomic E-state index is 13.8. The minimum absolute atomic E-state index is 0.0874. The van der Waals surface area contributed by atoms with Gasteiger partial charge in [-0.1, -0.05) is 48.0 Å². The molecule has 0 aromatic rings. The van der Waals surface area contributed by atoms with Crippen molar-refractivity contribution in [1.82, 2.24) is 31.5 Å². The van der Waals surface area contributed by atoms with Gasteiger partial charge in [0.05, 0.1) is 12.1 Å². The summed E-state index contributed by atoms with van der Waals surface area (Å²) in [6.07, 6.45) is -2.07. The number of carbonyl (C=O) groups is 9. The molecule has 6 amide bonds. The highest BCUT2D eigenvalue weighted by Crippen LogP contribution is 2.22. The van der Waals surface area contributed by atoms with Gasteiger partial charge in [-0.2, -0.15) is 0 Å². The highest BCUT2D eigenvalue weighted by Gasteiger charge is 2.41. The summed E-state index contributed by atoms with van der Waals surface area (Å²) in [7, 11) is 0. The van der Waals surface area contributed by atoms with Gasteiger partial charge in [0.1, 0.15) is 36.3 Å². The molecule has 20 heteroatoms. The second kappa shape index (κ2) is 23.3. The zero-order valence-corrected chi connectivity index (χ0v) is 33.2. The Morgan fingerprint density at radius 3 is 1.73 bits per heavy atom. The van der Waals surface area contributed by atoms with E-state index in [0.29, 0.717) is 12.8 Å². The first-order valence-electron chi connectivity index (χ1n) is 18.9. The van der Waals surface area contributed by atoms with Gasteiger partial charge in [-0.15, -0.1) is 0 Å². The van der Waals surface area contributed by atoms with E-state index in [1.54, 1.807) is 41.5 Å². The number of nitrogens with one attached hydrogen (secondary N) is 5. The number of rotatable bonds is 24. The topological polar surface area (TPSA) is 324 Å². The number of aliphatic carboxylic acids is 3. The van der Waals surface area contributed by atoms with Gasteiger partial charge >= 0.3 is 17.9 Å². The van der Waals surface area contributed by atoms with Crippen molar-refractivity contribution < 1.29 is 63.6 Å². The largest absolute Gasteiger partial charge is 0.481 e. The molecule has 1 aliphatic rings. The predicted molar refractivity (Wildman–Crippen MR) is 199 cm³/mol. The highest BCUT2D eigenvalue weighted by molar-refractivity contribution is 5.97. The number of hydrogen-bond acceptors (Lipinski definition) is 11. The van der Waals surface area contributed by atoms with Gasteiger partial charge in [0.2, 0.25) is 35.4 Å². The number of nitrogens with zero attached hydrogens (tertiary/aromatic N) is 1. The van der Waals surface area contributed by atoms with Gasteiger partial charge in [-0.25, -0.2) is 4.79 Å². The average molecular weight is 800 g/mol. The van der Waals surface area contributed by atoms with Crippen LogP contribution in [-0.2, 0) is 43.2 Å². The van der Waals surface area contributed by atoms with Crippen LogP contribution in [0.15, 0.2) is 0 Å². The minimum Gasteiger partial charge on any atom is -0.481 e. The highest BCUT2D eigenvalue weighted by atomic mass is 16.4. The van der Waals surface area contributed by atoms with Crippen molar-refractivity contribution in [1.29, 1.82) is 0 Å². The molecular formula is C36H61N7O13. The fourth-order valence-corrected chi connectivity index (χ4v) is 6.03. The van der Waals surface area contributed by atoms with Gasteiger partial charge in [-0.3, -0.25) is 38.4 Å². The number of hydrogen-bond donors (Lipinski definition) is 10. The number of carbonyl (C=O) groups excluding carboxylic acids is 6. The normalized spacial score (nSPS) is 18.3. The summed E-state index contributed by atoms with van der Waals surface area (Å²) in [5, 5.41) is 50.7. The third kappa shape index (κ3) is 15.7. The van der Waals surface area contributed by atoms with E-state index in [4.69, 9.17) is 10.8 Å². The molecule has 20 nitrogen and oxygen atoms in total. The third-order valence-electron chi connectivity index (χ3n) is 9.53. The molecule has 0 spiro atoms. The Morgan fingerprint density at radius 2 is 1.23 bits per heavy atom. The maximum Gasteiger partial charge on any atom is 0.326 e. The van der Waals surface area contributed by atoms with Crippen LogP contribution in [0.2, 0.25) is 0 Å². The lowest BCUT2D eigenvalue weighted by molar-refractivity contribution is -0.144. The van der Waals surface area contributed by atoms with Crippen LogP contribution < -0.4 is 32.3 Å². The Balaban J connectivity index is 3.23. The zero-order valence-electron chi connectivity index (χ0n) is 33.2. The van der Waals surface area contributed by atoms with Crippen molar-refractivity contribution in [3.63, 3.8) is 0 Å². The molecule has 0 aliphatic carbocycles. The summed E-state index contributed by atoms with van der Waals surface area (Å²) in [6, 6.07) is -9.29. The van der Waals surface area contributed by atoms with Crippen molar-refractivity contribution in [2.24, 2.45) is 23.5 Å². The first-order valence-corrected chi connectivity index (χ1v) is 18.9. The lowest BCUT2D eigenvalue weighted by Gasteiger charge is -2.33. The third-order valence-corrected chi connectivity index (χ3v) is 9.53. The molecule has 11 N–H and O–H groups in total. The zero-order chi connectivity index (χ0) is 43.0. The molecule has 9 atom stereocenters. The van der Waals surface area contributed by atoms with E-state index in [0.717, 1.165) is 0 Å². The Kier molecular flexibility index (Phi) is 20.4. The summed E-state index contributed by atoms with van der Waals surface area (Å²) in [4.78, 5) is 116. The van der Waals surface area contributed by atoms with Gasteiger partial charge in [0.25, 0.3) is 0 Å². The van der Waals surface area contributed by atoms with Crippen LogP contribution in [-0.4, -0.2) is 134 Å². The Bertz CT molecular complexity index is 1420. The number of amides is 6. The standard InChI is InChI=1S/C36H61N7O13/c1-8-19(6)28(41-30(49)21(37)11-13-25(45)46)35(54)43-15-9-10-24(43)32(51)42-29(20(7)44)34(53)38-22(12-14-26(47)48)31(50)40-27(18(4)5)33(52)39-23(36(55)56)16-17(2)3/h17-24,27-29,44H,8-16,37H2,1-7H3,(H,38,53)(H,39,52)(H,40,50)(H,41,49)(H,42,51)(H,45,46)(H,47,48)(H,55,56)/t19-,20+,21-,22-,23-,24-,27-,28-,29-/m0/s1. The Hall–Kier alpha value is -4.85. The smallest absolute Gasteiger partial charge is 0.326 e. The second-order valence-electron chi connectivity index (χ2n) is 15.1. The van der Waals surface area contributed by atoms with Crippen molar-refractivity contribution >= 4 is 53.4 Å². The van der Waals surface area contributed by atoms with Crippen LogP contribution in [0.5, 0.6) is 0 Å². The quantitative estimate of drug-likeness (QED) is 0.0541. The first kappa shape index (κ1) is 49.2. The molecule has 1 aliphatic heterocycles. The molecule has 0 bridgehead atoms. The molecule has 56 heavy (non-hydrogen) atoms. The van der Waals surface area contributed by atoms with Crippen LogP contribution in [0.3, 0.4) is 0 Å². The van der Waals surface area contributed by atoms with Crippen LogP contribution in [0.1, 0.15) is 99.8 Å². The predicted octanol–water partition coefficient (Wildman–Crippen LogP) is -1.33. The molecule has 0 radical (unpaired) electrons. The summed E-state index contributed by atoms with van der Waals surface area (Å²) in [6.45, 7) is 11.5. The summed E-state index contributed by atoms with van der Waals surface area (Å²) in [5.41, 5.74) is 5.86. The molecular weight excluding hydrogens is 738 g/mol. The second-order valence-corrected chi connectivity index (χ2v) is 15.1. The van der Waals surface area contributed by atoms with Crippen LogP contribution in [0.4, 0.5) is 0 Å². The van der Waals surface area contributed by atoms with E-state index >= 15 is 0 Å². The summed E-state index contributed by atoms with van der Waals surface area (Å²) < 4.78 is 0. The van der Waals surface area contributed by atoms with Gasteiger partial charge < -0.3 is 57.6 Å². The number of carboxylic acids is 3. The van der Waals surface area contributed by atoms with Gasteiger partial charge in [0, 0.05) is 19.4 Å². The van der Waals surface area contributed by atoms with Crippen molar-refractivity contribution in [2.75, 3.05) is 6.54 Å². The van der Waals surface area contributed by atoms with Crippen LogP contribution >= 0.6 is 0 Å². The number of nitrogens with two attached hydrogens (primary N) is 1. The molecule has 0 saturated carbocycles. The molecule has 0 aromatic carbocycles. The van der Waals surface area contributed by atoms with E-state index in [2.05, 4.69) is 26.6 Å². The Labute approximate surface area is 326 Å². The fraction of sp³-hybridized carbons (Fsp3) is 0.750. The summed E-state index contributed by atoms with van der Waals surface area (Å²) >= 11 is 0. The molecule has 1 saturated heterocycles. The number of aliphatic hydroxyl groups is 1. The van der Waals surface area contributed by atoms with Crippen LogP contribution in [0.25, 0.3) is 0 Å². The lowest BCUT2D eigenvalue weighted by Crippen LogP contribution is -2.62. The van der Waals surface area contributed by atoms with E-state index in [1.807, 2.05) is 0 Å². The molecule has 1 rings (SSSR count). The molecule has 0 unspecified atom stereocenters. The minimum atomic E-state index is -1.70. The monoisotopic (exact) mass is 799 g/mol. The molecule has 0 aromatic heterocycles. The van der Waals surface area contributed by atoms with E-state index in [1.165, 1.54) is 11.8 Å². The van der Waals surface area contributed by atoms with E-state index in [-0.39, 0.29) is 38.1 Å².